The Morgan fingerprint density at radius 1 is 1.28 bits per heavy atom. The van der Waals surface area contributed by atoms with Crippen LogP contribution in [0, 0.1) is 5.92 Å². The molecule has 1 atom stereocenters. The zero-order chi connectivity index (χ0) is 12.5. The van der Waals surface area contributed by atoms with Crippen molar-refractivity contribution in [3.63, 3.8) is 0 Å². The van der Waals surface area contributed by atoms with Crippen molar-refractivity contribution in [3.05, 3.63) is 64.3 Å². The Hall–Kier alpha value is -1.41. The lowest BCUT2D eigenvalue weighted by molar-refractivity contribution is 0.424. The maximum atomic E-state index is 9.53. The molecule has 2 heteroatoms. The van der Waals surface area contributed by atoms with Crippen LogP contribution in [0.25, 0.3) is 4.91 Å². The normalized spacial score (nSPS) is 22.1. The third kappa shape index (κ3) is 2.13. The van der Waals surface area contributed by atoms with Gasteiger partial charge in [0.25, 0.3) is 0 Å². The number of aryl methyl sites for hydroxylation is 1. The van der Waals surface area contributed by atoms with Crippen molar-refractivity contribution in [3.8, 4) is 0 Å². The smallest absolute Gasteiger partial charge is 0.112 e. The summed E-state index contributed by atoms with van der Waals surface area (Å²) in [4.78, 5) is 2.58. The van der Waals surface area contributed by atoms with E-state index in [-0.39, 0.29) is 0 Å². The van der Waals surface area contributed by atoms with E-state index in [1.54, 1.807) is 11.8 Å². The average Bonchev–Trinajstić information content (AvgIpc) is 2.81. The second-order valence-corrected chi connectivity index (χ2v) is 5.82. The Bertz CT molecular complexity index is 549. The van der Waals surface area contributed by atoms with Gasteiger partial charge in [-0.25, -0.2) is 0 Å². The molecule has 0 saturated heterocycles. The minimum absolute atomic E-state index is 0.407. The van der Waals surface area contributed by atoms with Crippen LogP contribution in [0.3, 0.4) is 0 Å². The number of aliphatic hydroxyl groups excluding tert-OH is 1. The number of rotatable bonds is 2. The predicted octanol–water partition coefficient (Wildman–Crippen LogP) is 4.68. The van der Waals surface area contributed by atoms with Gasteiger partial charge in [-0.2, -0.15) is 0 Å². The van der Waals surface area contributed by atoms with Crippen molar-refractivity contribution in [1.82, 2.24) is 0 Å². The molecule has 1 aromatic carbocycles. The van der Waals surface area contributed by atoms with E-state index in [0.717, 1.165) is 12.8 Å². The molecule has 1 aromatic rings. The molecule has 0 aromatic heterocycles. The first-order chi connectivity index (χ1) is 8.76. The number of hydrogen-bond donors (Lipinski definition) is 1. The van der Waals surface area contributed by atoms with E-state index < -0.39 is 0 Å². The van der Waals surface area contributed by atoms with Crippen LogP contribution in [0.4, 0.5) is 0 Å². The van der Waals surface area contributed by atoms with Crippen molar-refractivity contribution >= 4 is 16.7 Å². The highest BCUT2D eigenvalue weighted by atomic mass is 32.2. The number of hydrogen-bond acceptors (Lipinski definition) is 2. The lowest BCUT2D eigenvalue weighted by Gasteiger charge is -2.11. The molecule has 2 aliphatic rings. The molecule has 1 heterocycles. The maximum absolute atomic E-state index is 9.53. The molecular weight excluding hydrogens is 240 g/mol. The third-order valence-electron chi connectivity index (χ3n) is 3.46. The molecule has 0 fully saturated rings. The van der Waals surface area contributed by atoms with Gasteiger partial charge in [0.1, 0.15) is 5.76 Å². The molecule has 1 aliphatic carbocycles. The second kappa shape index (κ2) is 4.69. The van der Waals surface area contributed by atoms with Crippen molar-refractivity contribution in [2.75, 3.05) is 0 Å². The van der Waals surface area contributed by atoms with Crippen LogP contribution in [-0.2, 0) is 6.42 Å². The quantitative estimate of drug-likeness (QED) is 0.829. The summed E-state index contributed by atoms with van der Waals surface area (Å²) in [7, 11) is 0. The fourth-order valence-corrected chi connectivity index (χ4v) is 3.57. The van der Waals surface area contributed by atoms with E-state index >= 15 is 0 Å². The SMILES string of the molecule is CCc1ccc(C2=CC3CC=C(O)C=C3S2)cc1. The highest BCUT2D eigenvalue weighted by molar-refractivity contribution is 8.12. The van der Waals surface area contributed by atoms with Gasteiger partial charge < -0.3 is 5.11 Å². The van der Waals surface area contributed by atoms with Gasteiger partial charge in [-0.05, 0) is 36.1 Å². The Kier molecular flexibility index (Phi) is 3.04. The van der Waals surface area contributed by atoms with E-state index in [9.17, 15) is 5.11 Å². The van der Waals surface area contributed by atoms with Crippen LogP contribution in [0.1, 0.15) is 24.5 Å². The van der Waals surface area contributed by atoms with Crippen molar-refractivity contribution in [2.24, 2.45) is 5.92 Å². The molecule has 0 amide bonds. The van der Waals surface area contributed by atoms with Gasteiger partial charge in [0.05, 0.1) is 0 Å². The zero-order valence-corrected chi connectivity index (χ0v) is 11.2. The molecule has 92 valence electrons. The Balaban J connectivity index is 1.85. The third-order valence-corrected chi connectivity index (χ3v) is 4.71. The fraction of sp³-hybridized carbons (Fsp3) is 0.250. The van der Waals surface area contributed by atoms with Gasteiger partial charge in [-0.15, -0.1) is 0 Å². The Labute approximate surface area is 112 Å². The van der Waals surface area contributed by atoms with E-state index in [2.05, 4.69) is 37.3 Å². The molecule has 0 bridgehead atoms. The standard InChI is InChI=1S/C16H16OS/c1-2-11-3-5-12(6-4-11)15-9-13-7-8-14(17)10-16(13)18-15/h3-6,8-10,13,17H,2,7H2,1H3. The predicted molar refractivity (Wildman–Crippen MR) is 78.3 cm³/mol. The van der Waals surface area contributed by atoms with Gasteiger partial charge in [0.15, 0.2) is 0 Å². The van der Waals surface area contributed by atoms with Crippen LogP contribution < -0.4 is 0 Å². The van der Waals surface area contributed by atoms with Gasteiger partial charge in [-0.1, -0.05) is 49.0 Å². The molecule has 0 spiro atoms. The topological polar surface area (TPSA) is 20.2 Å². The fourth-order valence-electron chi connectivity index (χ4n) is 2.33. The molecule has 1 nitrogen and oxygen atoms in total. The summed E-state index contributed by atoms with van der Waals surface area (Å²) < 4.78 is 0. The molecule has 0 saturated carbocycles. The molecule has 1 aliphatic heterocycles. The number of allylic oxidation sites excluding steroid dienone is 4. The van der Waals surface area contributed by atoms with Gasteiger partial charge in [0.2, 0.25) is 0 Å². The van der Waals surface area contributed by atoms with Crippen molar-refractivity contribution in [1.29, 1.82) is 0 Å². The van der Waals surface area contributed by atoms with Crippen LogP contribution >= 0.6 is 11.8 Å². The first kappa shape index (κ1) is 11.7. The minimum Gasteiger partial charge on any atom is -0.508 e. The molecule has 0 radical (unpaired) electrons. The van der Waals surface area contributed by atoms with E-state index in [1.165, 1.54) is 20.9 Å². The minimum atomic E-state index is 0.407. The summed E-state index contributed by atoms with van der Waals surface area (Å²) >= 11 is 1.79. The van der Waals surface area contributed by atoms with Crippen molar-refractivity contribution in [2.45, 2.75) is 19.8 Å². The van der Waals surface area contributed by atoms with Crippen LogP contribution in [0.15, 0.2) is 53.2 Å². The molecule has 18 heavy (non-hydrogen) atoms. The molecule has 1 N–H and O–H groups in total. The lowest BCUT2D eigenvalue weighted by Crippen LogP contribution is -1.98. The summed E-state index contributed by atoms with van der Waals surface area (Å²) in [6.07, 6.45) is 8.11. The molecule has 1 unspecified atom stereocenters. The maximum Gasteiger partial charge on any atom is 0.112 e. The summed E-state index contributed by atoms with van der Waals surface area (Å²) in [5.74, 6) is 0.872. The average molecular weight is 256 g/mol. The lowest BCUT2D eigenvalue weighted by atomic mass is 9.98. The summed E-state index contributed by atoms with van der Waals surface area (Å²) in [6, 6.07) is 8.79. The van der Waals surface area contributed by atoms with Gasteiger partial charge in [0, 0.05) is 15.7 Å². The van der Waals surface area contributed by atoms with Gasteiger partial charge >= 0.3 is 0 Å². The number of aliphatic hydroxyl groups is 1. The summed E-state index contributed by atoms with van der Waals surface area (Å²) in [5.41, 5.74) is 2.66. The highest BCUT2D eigenvalue weighted by Gasteiger charge is 2.25. The first-order valence-electron chi connectivity index (χ1n) is 6.36. The second-order valence-electron chi connectivity index (χ2n) is 4.70. The van der Waals surface area contributed by atoms with Crippen LogP contribution in [-0.4, -0.2) is 5.11 Å². The molecular formula is C16H16OS. The largest absolute Gasteiger partial charge is 0.508 e. The van der Waals surface area contributed by atoms with Crippen LogP contribution in [0.5, 0.6) is 0 Å². The monoisotopic (exact) mass is 256 g/mol. The van der Waals surface area contributed by atoms with E-state index in [4.69, 9.17) is 0 Å². The first-order valence-corrected chi connectivity index (χ1v) is 7.17. The van der Waals surface area contributed by atoms with Crippen LogP contribution in [0.2, 0.25) is 0 Å². The van der Waals surface area contributed by atoms with Gasteiger partial charge in [-0.3, -0.25) is 0 Å². The zero-order valence-electron chi connectivity index (χ0n) is 10.4. The van der Waals surface area contributed by atoms with E-state index in [1.807, 2.05) is 12.2 Å². The summed E-state index contributed by atoms with van der Waals surface area (Å²) in [6.45, 7) is 2.17. The van der Waals surface area contributed by atoms with E-state index in [0.29, 0.717) is 11.7 Å². The number of thioether (sulfide) groups is 1. The highest BCUT2D eigenvalue weighted by Crippen LogP contribution is 2.48. The Morgan fingerprint density at radius 3 is 2.78 bits per heavy atom. The summed E-state index contributed by atoms with van der Waals surface area (Å²) in [5, 5.41) is 9.53. The Morgan fingerprint density at radius 2 is 2.06 bits per heavy atom. The number of benzene rings is 1. The molecule has 3 rings (SSSR count). The number of fused-ring (bicyclic) bond motifs is 1. The van der Waals surface area contributed by atoms with Crippen molar-refractivity contribution < 1.29 is 5.11 Å².